The lowest BCUT2D eigenvalue weighted by Gasteiger charge is -2.32. The SMILES string of the molecule is CCCCc1ccc(NC(=O)C2=C(C)c3cc(OC)c(OC)cc3N(CC)S2(=O)=O)cc1. The maximum atomic E-state index is 13.4. The number of aryl methyl sites for hydroxylation is 1. The van der Waals surface area contributed by atoms with Crippen molar-refractivity contribution in [2.24, 2.45) is 0 Å². The molecule has 1 aliphatic heterocycles. The molecule has 0 unspecified atom stereocenters. The van der Waals surface area contributed by atoms with Gasteiger partial charge < -0.3 is 14.8 Å². The van der Waals surface area contributed by atoms with E-state index in [4.69, 9.17) is 9.47 Å². The van der Waals surface area contributed by atoms with E-state index in [9.17, 15) is 13.2 Å². The Morgan fingerprint density at radius 1 is 1.03 bits per heavy atom. The number of hydrogen-bond acceptors (Lipinski definition) is 5. The number of rotatable bonds is 8. The first-order valence-electron chi connectivity index (χ1n) is 10.7. The largest absolute Gasteiger partial charge is 0.493 e. The molecule has 0 aromatic heterocycles. The zero-order chi connectivity index (χ0) is 23.5. The molecule has 1 aliphatic rings. The van der Waals surface area contributed by atoms with E-state index in [1.54, 1.807) is 38.1 Å². The van der Waals surface area contributed by atoms with Gasteiger partial charge in [0.1, 0.15) is 0 Å². The molecule has 1 amide bonds. The highest BCUT2D eigenvalue weighted by atomic mass is 32.2. The van der Waals surface area contributed by atoms with Crippen LogP contribution in [-0.2, 0) is 21.2 Å². The van der Waals surface area contributed by atoms with E-state index < -0.39 is 15.9 Å². The van der Waals surface area contributed by atoms with Crippen LogP contribution < -0.4 is 19.1 Å². The smallest absolute Gasteiger partial charge is 0.270 e. The van der Waals surface area contributed by atoms with Crippen molar-refractivity contribution >= 4 is 32.9 Å². The lowest BCUT2D eigenvalue weighted by atomic mass is 10.0. The maximum absolute atomic E-state index is 13.4. The Morgan fingerprint density at radius 3 is 2.22 bits per heavy atom. The topological polar surface area (TPSA) is 84.9 Å². The molecule has 8 heteroatoms. The Morgan fingerprint density at radius 2 is 1.66 bits per heavy atom. The summed E-state index contributed by atoms with van der Waals surface area (Å²) < 4.78 is 38.8. The molecule has 0 aliphatic carbocycles. The molecule has 0 bridgehead atoms. The average Bonchev–Trinajstić information content (AvgIpc) is 2.77. The number of anilines is 2. The first kappa shape index (κ1) is 23.7. The molecular weight excluding hydrogens is 428 g/mol. The zero-order valence-electron chi connectivity index (χ0n) is 19.2. The van der Waals surface area contributed by atoms with Gasteiger partial charge in [0.25, 0.3) is 15.9 Å². The molecule has 0 fully saturated rings. The molecule has 0 atom stereocenters. The molecule has 1 heterocycles. The number of nitrogens with zero attached hydrogens (tertiary/aromatic N) is 1. The molecule has 2 aromatic carbocycles. The minimum Gasteiger partial charge on any atom is -0.493 e. The molecule has 3 rings (SSSR count). The third-order valence-electron chi connectivity index (χ3n) is 5.59. The van der Waals surface area contributed by atoms with E-state index in [2.05, 4.69) is 12.2 Å². The predicted octanol–water partition coefficient (Wildman–Crippen LogP) is 4.59. The van der Waals surface area contributed by atoms with Crippen molar-refractivity contribution in [2.75, 3.05) is 30.4 Å². The third-order valence-corrected chi connectivity index (χ3v) is 7.63. The van der Waals surface area contributed by atoms with Gasteiger partial charge in [-0.2, -0.15) is 0 Å². The lowest BCUT2D eigenvalue weighted by molar-refractivity contribution is -0.112. The summed E-state index contributed by atoms with van der Waals surface area (Å²) in [5, 5.41) is 2.75. The Balaban J connectivity index is 2.03. The molecule has 2 aromatic rings. The first-order valence-corrected chi connectivity index (χ1v) is 12.1. The second-order valence-corrected chi connectivity index (χ2v) is 9.40. The quantitative estimate of drug-likeness (QED) is 0.626. The van der Waals surface area contributed by atoms with Crippen LogP contribution in [0.3, 0.4) is 0 Å². The van der Waals surface area contributed by atoms with Gasteiger partial charge in [-0.3, -0.25) is 9.10 Å². The van der Waals surface area contributed by atoms with E-state index in [0.717, 1.165) is 19.3 Å². The van der Waals surface area contributed by atoms with Gasteiger partial charge in [0.15, 0.2) is 16.4 Å². The number of unbranched alkanes of at least 4 members (excludes halogenated alkanes) is 1. The highest BCUT2D eigenvalue weighted by molar-refractivity contribution is 7.97. The van der Waals surface area contributed by atoms with Crippen LogP contribution in [0.5, 0.6) is 11.5 Å². The summed E-state index contributed by atoms with van der Waals surface area (Å²) >= 11 is 0. The number of ether oxygens (including phenoxy) is 2. The Bertz CT molecular complexity index is 1140. The van der Waals surface area contributed by atoms with Gasteiger partial charge >= 0.3 is 0 Å². The van der Waals surface area contributed by atoms with E-state index in [0.29, 0.717) is 34.0 Å². The number of nitrogens with one attached hydrogen (secondary N) is 1. The molecule has 0 radical (unpaired) electrons. The third kappa shape index (κ3) is 4.32. The van der Waals surface area contributed by atoms with Crippen LogP contribution in [0.25, 0.3) is 5.57 Å². The van der Waals surface area contributed by atoms with Crippen molar-refractivity contribution in [2.45, 2.75) is 40.0 Å². The first-order chi connectivity index (χ1) is 15.3. The van der Waals surface area contributed by atoms with Crippen LogP contribution in [0.1, 0.15) is 44.7 Å². The van der Waals surface area contributed by atoms with Crippen LogP contribution in [0.2, 0.25) is 0 Å². The highest BCUT2D eigenvalue weighted by Gasteiger charge is 2.39. The molecule has 172 valence electrons. The predicted molar refractivity (Wildman–Crippen MR) is 128 cm³/mol. The number of hydrogen-bond donors (Lipinski definition) is 1. The molecule has 0 saturated heterocycles. The van der Waals surface area contributed by atoms with Gasteiger partial charge in [-0.1, -0.05) is 25.5 Å². The summed E-state index contributed by atoms with van der Waals surface area (Å²) in [5.74, 6) is 0.217. The van der Waals surface area contributed by atoms with Crippen LogP contribution in [0.4, 0.5) is 11.4 Å². The van der Waals surface area contributed by atoms with Crippen molar-refractivity contribution in [1.82, 2.24) is 0 Å². The summed E-state index contributed by atoms with van der Waals surface area (Å²) in [6, 6.07) is 10.8. The number of fused-ring (bicyclic) bond motifs is 1. The van der Waals surface area contributed by atoms with Gasteiger partial charge in [0, 0.05) is 23.9 Å². The maximum Gasteiger partial charge on any atom is 0.270 e. The fourth-order valence-electron chi connectivity index (χ4n) is 3.88. The number of amides is 1. The van der Waals surface area contributed by atoms with Gasteiger partial charge in [0.2, 0.25) is 0 Å². The normalized spacial score (nSPS) is 14.7. The molecule has 1 N–H and O–H groups in total. The van der Waals surface area contributed by atoms with Gasteiger partial charge in [-0.05, 0) is 56.0 Å². The van der Waals surface area contributed by atoms with Crippen LogP contribution in [0, 0.1) is 0 Å². The minimum atomic E-state index is -4.06. The fourth-order valence-corrected chi connectivity index (χ4v) is 5.63. The number of sulfonamides is 1. The number of carbonyl (C=O) groups excluding carboxylic acids is 1. The minimum absolute atomic E-state index is 0.168. The van der Waals surface area contributed by atoms with Crippen molar-refractivity contribution in [3.63, 3.8) is 0 Å². The van der Waals surface area contributed by atoms with Crippen molar-refractivity contribution in [1.29, 1.82) is 0 Å². The molecule has 0 spiro atoms. The Kier molecular flexibility index (Phi) is 7.13. The van der Waals surface area contributed by atoms with Crippen LogP contribution in [0.15, 0.2) is 41.3 Å². The zero-order valence-corrected chi connectivity index (χ0v) is 20.0. The van der Waals surface area contributed by atoms with Crippen LogP contribution in [-0.4, -0.2) is 35.1 Å². The molecule has 32 heavy (non-hydrogen) atoms. The second kappa shape index (κ2) is 9.65. The van der Waals surface area contributed by atoms with E-state index in [-0.39, 0.29) is 11.4 Å². The standard InChI is InChI=1S/C24H30N2O5S/c1-6-8-9-17-10-12-18(13-11-17)25-24(27)23-16(3)19-14-21(30-4)22(31-5)15-20(19)26(7-2)32(23,28)29/h10-15H,6-9H2,1-5H3,(H,25,27). The Hall–Kier alpha value is -3.00. The fraction of sp³-hybridized carbons (Fsp3) is 0.375. The van der Waals surface area contributed by atoms with E-state index in [1.165, 1.54) is 24.1 Å². The lowest BCUT2D eigenvalue weighted by Crippen LogP contribution is -2.39. The summed E-state index contributed by atoms with van der Waals surface area (Å²) in [7, 11) is -1.05. The van der Waals surface area contributed by atoms with Gasteiger partial charge in [-0.15, -0.1) is 0 Å². The summed E-state index contributed by atoms with van der Waals surface area (Å²) in [5.41, 5.74) is 3.16. The second-order valence-electron chi connectivity index (χ2n) is 7.60. The number of methoxy groups -OCH3 is 2. The summed E-state index contributed by atoms with van der Waals surface area (Å²) in [6.45, 7) is 5.67. The molecular formula is C24H30N2O5S. The highest BCUT2D eigenvalue weighted by Crippen LogP contribution is 2.44. The Labute approximate surface area is 190 Å². The summed E-state index contributed by atoms with van der Waals surface area (Å²) in [4.78, 5) is 12.9. The van der Waals surface area contributed by atoms with E-state index >= 15 is 0 Å². The molecule has 7 nitrogen and oxygen atoms in total. The number of allylic oxidation sites excluding steroid dienone is 1. The van der Waals surface area contributed by atoms with Crippen molar-refractivity contribution in [3.8, 4) is 11.5 Å². The number of carbonyl (C=O) groups is 1. The van der Waals surface area contributed by atoms with Gasteiger partial charge in [-0.25, -0.2) is 8.42 Å². The van der Waals surface area contributed by atoms with Crippen molar-refractivity contribution < 1.29 is 22.7 Å². The molecule has 0 saturated carbocycles. The summed E-state index contributed by atoms with van der Waals surface area (Å²) in [6.07, 6.45) is 3.17. The monoisotopic (exact) mass is 458 g/mol. The van der Waals surface area contributed by atoms with Gasteiger partial charge in [0.05, 0.1) is 19.9 Å². The number of benzene rings is 2. The van der Waals surface area contributed by atoms with Crippen LogP contribution >= 0.6 is 0 Å². The average molecular weight is 459 g/mol. The van der Waals surface area contributed by atoms with E-state index in [1.807, 2.05) is 12.1 Å². The van der Waals surface area contributed by atoms with Crippen molar-refractivity contribution in [3.05, 3.63) is 52.4 Å².